The van der Waals surface area contributed by atoms with Crippen molar-refractivity contribution in [2.45, 2.75) is 120 Å². The lowest BCUT2D eigenvalue weighted by Crippen LogP contribution is -2.61. The lowest BCUT2D eigenvalue weighted by molar-refractivity contribution is -0.136. The maximum Gasteiger partial charge on any atom is 0.245 e. The number of nitrogens with two attached hydrogens (primary N) is 5. The van der Waals surface area contributed by atoms with Gasteiger partial charge in [0.05, 0.1) is 18.6 Å². The maximum absolute atomic E-state index is 14.1. The van der Waals surface area contributed by atoms with E-state index in [1.54, 1.807) is 44.2 Å². The van der Waals surface area contributed by atoms with Crippen LogP contribution >= 0.6 is 0 Å². The van der Waals surface area contributed by atoms with Gasteiger partial charge < -0.3 is 76.3 Å². The molecule has 2 rings (SSSR count). The molecule has 0 aromatic heterocycles. The summed E-state index contributed by atoms with van der Waals surface area (Å²) in [5.41, 5.74) is 29.0. The normalized spacial score (nSPS) is 25.1. The molecule has 0 aliphatic carbocycles. The van der Waals surface area contributed by atoms with Crippen molar-refractivity contribution in [1.29, 1.82) is 0 Å². The number of carbonyl (C=O) groups is 9. The van der Waals surface area contributed by atoms with Gasteiger partial charge in [-0.25, -0.2) is 0 Å². The number of carbonyl (C=O) groups excluding carboxylic acids is 9. The Hall–Kier alpha value is -5.75. The second kappa shape index (κ2) is 26.6. The summed E-state index contributed by atoms with van der Waals surface area (Å²) >= 11 is 0. The SMILES string of the molecule is CC(C)C[C@@H]1NC(=O)[C@@H](Cc2ccccc2)NC(=O)[C@H](CCN)NC(=O)[C@@H](NC(=O)[C@@H](N)CC(N)=O)CCNC(=O)[C@H]([C@@H](C)O)NC(=O)[C@H](CCN)NC(=O)[C@H](CCN)NC1=O. The minimum atomic E-state index is -1.60. The second-order valence-corrected chi connectivity index (χ2v) is 15.5. The Morgan fingerprint density at radius 1 is 0.677 bits per heavy atom. The predicted molar refractivity (Wildman–Crippen MR) is 225 cm³/mol. The highest BCUT2D eigenvalue weighted by Gasteiger charge is 2.35. The molecule has 23 heteroatoms. The molecule has 9 amide bonds. The molecule has 0 unspecified atom stereocenters. The molecule has 9 atom stereocenters. The van der Waals surface area contributed by atoms with Gasteiger partial charge in [-0.1, -0.05) is 44.2 Å². The molecule has 346 valence electrons. The smallest absolute Gasteiger partial charge is 0.245 e. The first-order valence-corrected chi connectivity index (χ1v) is 20.6. The third-order valence-electron chi connectivity index (χ3n) is 9.71. The van der Waals surface area contributed by atoms with Gasteiger partial charge in [0.1, 0.15) is 42.3 Å². The van der Waals surface area contributed by atoms with Crippen LogP contribution < -0.4 is 71.2 Å². The number of hydrogen-bond acceptors (Lipinski definition) is 14. The van der Waals surface area contributed by atoms with Crippen LogP contribution in [-0.4, -0.2) is 139 Å². The molecule has 1 aliphatic heterocycles. The van der Waals surface area contributed by atoms with E-state index < -0.39 is 114 Å². The topological polar surface area (TPSA) is 400 Å². The van der Waals surface area contributed by atoms with Gasteiger partial charge in [0, 0.05) is 13.0 Å². The van der Waals surface area contributed by atoms with E-state index in [9.17, 15) is 48.3 Å². The molecule has 19 N–H and O–H groups in total. The number of aliphatic hydroxyl groups is 1. The molecule has 1 fully saturated rings. The van der Waals surface area contributed by atoms with Crippen molar-refractivity contribution in [3.8, 4) is 0 Å². The van der Waals surface area contributed by atoms with Crippen molar-refractivity contribution in [3.63, 3.8) is 0 Å². The highest BCUT2D eigenvalue weighted by Crippen LogP contribution is 2.10. The van der Waals surface area contributed by atoms with Crippen LogP contribution in [0, 0.1) is 5.92 Å². The van der Waals surface area contributed by atoms with E-state index in [1.165, 1.54) is 6.92 Å². The summed E-state index contributed by atoms with van der Waals surface area (Å²) < 4.78 is 0. The number of rotatable bonds is 15. The molecule has 1 heterocycles. The molecule has 23 nitrogen and oxygen atoms in total. The van der Waals surface area contributed by atoms with Gasteiger partial charge in [-0.05, 0) is 70.1 Å². The van der Waals surface area contributed by atoms with Crippen molar-refractivity contribution in [2.24, 2.45) is 34.6 Å². The van der Waals surface area contributed by atoms with E-state index in [0.29, 0.717) is 5.56 Å². The molecule has 62 heavy (non-hydrogen) atoms. The minimum absolute atomic E-state index is 0.0654. The quantitative estimate of drug-likeness (QED) is 0.0780. The monoisotopic (exact) mass is 875 g/mol. The Morgan fingerprint density at radius 3 is 1.61 bits per heavy atom. The lowest BCUT2D eigenvalue weighted by atomic mass is 10.00. The van der Waals surface area contributed by atoms with Crippen molar-refractivity contribution < 1.29 is 48.3 Å². The van der Waals surface area contributed by atoms with Gasteiger partial charge in [0.25, 0.3) is 0 Å². The number of benzene rings is 1. The molecule has 0 bridgehead atoms. The number of amides is 9. The van der Waals surface area contributed by atoms with E-state index in [2.05, 4.69) is 42.5 Å². The fourth-order valence-electron chi connectivity index (χ4n) is 6.40. The van der Waals surface area contributed by atoms with E-state index in [-0.39, 0.29) is 70.6 Å². The first-order valence-electron chi connectivity index (χ1n) is 20.6. The van der Waals surface area contributed by atoms with Gasteiger partial charge in [0.2, 0.25) is 53.2 Å². The zero-order valence-corrected chi connectivity index (χ0v) is 35.4. The Balaban J connectivity index is 2.70. The van der Waals surface area contributed by atoms with Crippen molar-refractivity contribution >= 4 is 53.2 Å². The van der Waals surface area contributed by atoms with E-state index in [1.807, 2.05) is 0 Å². The number of hydrogen-bond donors (Lipinski definition) is 14. The summed E-state index contributed by atoms with van der Waals surface area (Å²) in [7, 11) is 0. The van der Waals surface area contributed by atoms with Crippen molar-refractivity contribution in [3.05, 3.63) is 35.9 Å². The molecular formula is C39H65N13O10. The summed E-state index contributed by atoms with van der Waals surface area (Å²) in [4.78, 5) is 121. The number of nitrogens with one attached hydrogen (secondary N) is 8. The third kappa shape index (κ3) is 17.7. The highest BCUT2D eigenvalue weighted by molar-refractivity contribution is 5.98. The van der Waals surface area contributed by atoms with Gasteiger partial charge >= 0.3 is 0 Å². The summed E-state index contributed by atoms with van der Waals surface area (Å²) in [5.74, 6) is -8.06. The predicted octanol–water partition coefficient (Wildman–Crippen LogP) is -6.18. The Kier molecular flexibility index (Phi) is 22.4. The fraction of sp³-hybridized carbons (Fsp3) is 0.615. The Morgan fingerprint density at radius 2 is 1.13 bits per heavy atom. The molecule has 1 aromatic rings. The van der Waals surface area contributed by atoms with Crippen LogP contribution in [0.2, 0.25) is 0 Å². The van der Waals surface area contributed by atoms with Crippen molar-refractivity contribution in [1.82, 2.24) is 42.5 Å². The van der Waals surface area contributed by atoms with Crippen LogP contribution in [0.3, 0.4) is 0 Å². The fourth-order valence-corrected chi connectivity index (χ4v) is 6.40. The lowest BCUT2D eigenvalue weighted by Gasteiger charge is -2.28. The number of primary amides is 1. The Bertz CT molecular complexity index is 1700. The van der Waals surface area contributed by atoms with Crippen LogP contribution in [-0.2, 0) is 49.6 Å². The molecule has 1 saturated heterocycles. The first kappa shape index (κ1) is 52.4. The standard InChI is InChI=1S/C39H65N13O10/c1-20(2)17-28-37(60)49-24(9-13-40)33(56)48-26(11-15-42)36(59)52-31(21(3)53)39(62)45-16-12-27(46-32(55)23(43)19-30(44)54)35(58)47-25(10-14-41)34(57)51-29(38(61)50-28)18-22-7-5-4-6-8-22/h4-8,20-21,23-29,31,53H,9-19,40-43H2,1-3H3,(H2,44,54)(H,45,62)(H,46,55)(H,47,58)(H,48,56)(H,49,60)(H,50,61)(H,51,57)(H,52,59)/t21-,23+,24+,25+,26+,27+,28+,29-,31+/m1/s1. The van der Waals surface area contributed by atoms with E-state index in [0.717, 1.165) is 0 Å². The first-order chi connectivity index (χ1) is 29.3. The van der Waals surface area contributed by atoms with Crippen LogP contribution in [0.4, 0.5) is 0 Å². The number of aliphatic hydroxyl groups excluding tert-OH is 1. The average Bonchev–Trinajstić information content (AvgIpc) is 3.20. The molecule has 1 aromatic carbocycles. The summed E-state index contributed by atoms with van der Waals surface area (Å²) in [6, 6.07) is -2.59. The molecule has 0 spiro atoms. The molecule has 1 aliphatic rings. The molecular weight excluding hydrogens is 811 g/mol. The van der Waals surface area contributed by atoms with Crippen LogP contribution in [0.5, 0.6) is 0 Å². The summed E-state index contributed by atoms with van der Waals surface area (Å²) in [6.45, 7) is 4.15. The summed E-state index contributed by atoms with van der Waals surface area (Å²) in [5, 5.41) is 30.8. The van der Waals surface area contributed by atoms with Gasteiger partial charge in [-0.3, -0.25) is 43.2 Å². The van der Waals surface area contributed by atoms with Gasteiger partial charge in [-0.2, -0.15) is 0 Å². The average molecular weight is 876 g/mol. The Labute approximate surface area is 360 Å². The minimum Gasteiger partial charge on any atom is -0.391 e. The third-order valence-corrected chi connectivity index (χ3v) is 9.71. The van der Waals surface area contributed by atoms with E-state index in [4.69, 9.17) is 28.7 Å². The second-order valence-electron chi connectivity index (χ2n) is 15.5. The summed E-state index contributed by atoms with van der Waals surface area (Å²) in [6.07, 6.45) is -2.77. The zero-order valence-electron chi connectivity index (χ0n) is 35.4. The van der Waals surface area contributed by atoms with Gasteiger partial charge in [0.15, 0.2) is 0 Å². The molecule has 0 saturated carbocycles. The van der Waals surface area contributed by atoms with Crippen molar-refractivity contribution in [2.75, 3.05) is 26.2 Å². The largest absolute Gasteiger partial charge is 0.391 e. The molecule has 0 radical (unpaired) electrons. The van der Waals surface area contributed by atoms with Crippen LogP contribution in [0.15, 0.2) is 30.3 Å². The maximum atomic E-state index is 14.1. The van der Waals surface area contributed by atoms with Crippen LogP contribution in [0.25, 0.3) is 0 Å². The zero-order chi connectivity index (χ0) is 46.5. The highest BCUT2D eigenvalue weighted by atomic mass is 16.3. The van der Waals surface area contributed by atoms with Gasteiger partial charge in [-0.15, -0.1) is 0 Å². The van der Waals surface area contributed by atoms with E-state index >= 15 is 0 Å². The van der Waals surface area contributed by atoms with Crippen LogP contribution in [0.1, 0.15) is 64.9 Å².